The van der Waals surface area contributed by atoms with E-state index in [1.54, 1.807) is 0 Å². The number of hydrogen-bond donors (Lipinski definition) is 1. The lowest BCUT2D eigenvalue weighted by atomic mass is 10.2. The van der Waals surface area contributed by atoms with Crippen molar-refractivity contribution in [1.29, 1.82) is 0 Å². The smallest absolute Gasteiger partial charge is 0.228 e. The molecule has 3 heterocycles. The molecule has 1 aliphatic rings. The van der Waals surface area contributed by atoms with Crippen LogP contribution in [-0.4, -0.2) is 36.3 Å². The summed E-state index contributed by atoms with van der Waals surface area (Å²) in [6.07, 6.45) is 0. The van der Waals surface area contributed by atoms with Gasteiger partial charge in [0.2, 0.25) is 5.88 Å². The van der Waals surface area contributed by atoms with Gasteiger partial charge in [-0.2, -0.15) is 0 Å². The minimum absolute atomic E-state index is 0.786. The number of rotatable bonds is 2. The van der Waals surface area contributed by atoms with Gasteiger partial charge in [-0.15, -0.1) is 0 Å². The van der Waals surface area contributed by atoms with Crippen LogP contribution < -0.4 is 10.2 Å². The van der Waals surface area contributed by atoms with Gasteiger partial charge in [-0.3, -0.25) is 0 Å². The van der Waals surface area contributed by atoms with Crippen LogP contribution in [0.5, 0.6) is 0 Å². The number of fused-ring (bicyclic) bond motifs is 1. The molecule has 0 bridgehead atoms. The fourth-order valence-corrected chi connectivity index (χ4v) is 2.63. The molecule has 5 nitrogen and oxygen atoms in total. The molecule has 3 aromatic rings. The Morgan fingerprint density at radius 3 is 2.76 bits per heavy atom. The van der Waals surface area contributed by atoms with Crippen molar-refractivity contribution in [2.45, 2.75) is 0 Å². The van der Waals surface area contributed by atoms with Gasteiger partial charge in [-0.1, -0.05) is 29.4 Å². The number of aromatic nitrogens is 2. The number of piperazine rings is 1. The molecule has 2 aromatic heterocycles. The summed E-state index contributed by atoms with van der Waals surface area (Å²) in [5.74, 6) is 0.821. The van der Waals surface area contributed by atoms with Crippen LogP contribution in [-0.2, 0) is 0 Å². The molecule has 106 valence electrons. The Hall–Kier alpha value is -2.40. The van der Waals surface area contributed by atoms with E-state index in [4.69, 9.17) is 4.52 Å². The third-order valence-corrected chi connectivity index (χ3v) is 3.79. The summed E-state index contributed by atoms with van der Waals surface area (Å²) in [6.45, 7) is 3.84. The molecule has 21 heavy (non-hydrogen) atoms. The monoisotopic (exact) mass is 280 g/mol. The molecule has 1 aromatic carbocycles. The van der Waals surface area contributed by atoms with E-state index in [-0.39, 0.29) is 0 Å². The molecule has 4 rings (SSSR count). The van der Waals surface area contributed by atoms with Crippen molar-refractivity contribution in [3.05, 3.63) is 42.5 Å². The molecule has 1 fully saturated rings. The maximum atomic E-state index is 5.48. The molecule has 0 aliphatic carbocycles. The summed E-state index contributed by atoms with van der Waals surface area (Å²) < 4.78 is 5.48. The van der Waals surface area contributed by atoms with Crippen molar-refractivity contribution in [2.24, 2.45) is 0 Å². The molecule has 0 saturated carbocycles. The molecule has 0 radical (unpaired) electrons. The predicted octanol–water partition coefficient (Wildman–Crippen LogP) is 2.30. The van der Waals surface area contributed by atoms with Crippen molar-refractivity contribution in [2.75, 3.05) is 31.1 Å². The highest BCUT2D eigenvalue weighted by Gasteiger charge is 2.16. The van der Waals surface area contributed by atoms with Gasteiger partial charge < -0.3 is 14.7 Å². The summed E-state index contributed by atoms with van der Waals surface area (Å²) in [4.78, 5) is 6.85. The lowest BCUT2D eigenvalue weighted by Gasteiger charge is -2.25. The molecular formula is C16H16N4O. The standard InChI is InChI=1S/C16H16N4O/c1-2-4-13-12(3-1)5-6-14(18-13)15-11-16(21-19-15)20-9-7-17-8-10-20/h1-6,11,17H,7-10H2. The maximum absolute atomic E-state index is 5.48. The van der Waals surface area contributed by atoms with Crippen LogP contribution in [0.25, 0.3) is 22.3 Å². The Morgan fingerprint density at radius 2 is 1.86 bits per heavy atom. The van der Waals surface area contributed by atoms with Gasteiger partial charge >= 0.3 is 0 Å². The minimum atomic E-state index is 0.786. The Kier molecular flexibility index (Phi) is 3.05. The molecule has 1 aliphatic heterocycles. The van der Waals surface area contributed by atoms with Crippen LogP contribution in [0.2, 0.25) is 0 Å². The normalized spacial score (nSPS) is 15.5. The number of para-hydroxylation sites is 1. The van der Waals surface area contributed by atoms with E-state index in [0.717, 1.165) is 54.4 Å². The van der Waals surface area contributed by atoms with Gasteiger partial charge in [0.05, 0.1) is 11.2 Å². The zero-order valence-corrected chi connectivity index (χ0v) is 11.6. The molecule has 0 unspecified atom stereocenters. The van der Waals surface area contributed by atoms with Crippen molar-refractivity contribution in [3.63, 3.8) is 0 Å². The van der Waals surface area contributed by atoms with E-state index in [2.05, 4.69) is 32.5 Å². The number of nitrogens with zero attached hydrogens (tertiary/aromatic N) is 3. The number of pyridine rings is 1. The number of anilines is 1. The van der Waals surface area contributed by atoms with Gasteiger partial charge in [-0.05, 0) is 12.1 Å². The van der Waals surface area contributed by atoms with Crippen molar-refractivity contribution >= 4 is 16.8 Å². The first-order valence-corrected chi connectivity index (χ1v) is 7.19. The molecule has 0 spiro atoms. The summed E-state index contributed by atoms with van der Waals surface area (Å²) in [5.41, 5.74) is 2.61. The van der Waals surface area contributed by atoms with Gasteiger partial charge in [0.15, 0.2) is 0 Å². The first-order chi connectivity index (χ1) is 10.4. The topological polar surface area (TPSA) is 54.2 Å². The summed E-state index contributed by atoms with van der Waals surface area (Å²) in [5, 5.41) is 8.63. The van der Waals surface area contributed by atoms with E-state index in [0.29, 0.717) is 0 Å². The van der Waals surface area contributed by atoms with E-state index in [1.165, 1.54) is 0 Å². The fourth-order valence-electron chi connectivity index (χ4n) is 2.63. The Labute approximate surface area is 122 Å². The van der Waals surface area contributed by atoms with Crippen LogP contribution in [0.15, 0.2) is 47.0 Å². The highest BCUT2D eigenvalue weighted by Crippen LogP contribution is 2.24. The highest BCUT2D eigenvalue weighted by atomic mass is 16.5. The first kappa shape index (κ1) is 12.3. The quantitative estimate of drug-likeness (QED) is 0.780. The van der Waals surface area contributed by atoms with E-state index in [1.807, 2.05) is 30.3 Å². The number of hydrogen-bond acceptors (Lipinski definition) is 5. The fraction of sp³-hybridized carbons (Fsp3) is 0.250. The van der Waals surface area contributed by atoms with Crippen LogP contribution in [0.4, 0.5) is 5.88 Å². The average molecular weight is 280 g/mol. The average Bonchev–Trinajstić information content (AvgIpc) is 3.05. The largest absolute Gasteiger partial charge is 0.338 e. The zero-order valence-electron chi connectivity index (χ0n) is 11.6. The first-order valence-electron chi connectivity index (χ1n) is 7.19. The second kappa shape index (κ2) is 5.18. The van der Waals surface area contributed by atoms with E-state index in [9.17, 15) is 0 Å². The second-order valence-corrected chi connectivity index (χ2v) is 5.18. The summed E-state index contributed by atoms with van der Waals surface area (Å²) in [6, 6.07) is 14.1. The number of nitrogens with one attached hydrogen (secondary N) is 1. The lowest BCUT2D eigenvalue weighted by molar-refractivity contribution is 0.409. The van der Waals surface area contributed by atoms with Gasteiger partial charge in [0.1, 0.15) is 5.69 Å². The Bertz CT molecular complexity index is 762. The molecule has 1 saturated heterocycles. The molecule has 5 heteroatoms. The van der Waals surface area contributed by atoms with Crippen LogP contribution in [0.1, 0.15) is 0 Å². The van der Waals surface area contributed by atoms with E-state index < -0.39 is 0 Å². The van der Waals surface area contributed by atoms with Gasteiger partial charge in [-0.25, -0.2) is 4.98 Å². The van der Waals surface area contributed by atoms with Crippen molar-refractivity contribution in [3.8, 4) is 11.4 Å². The number of benzene rings is 1. The Balaban J connectivity index is 1.67. The van der Waals surface area contributed by atoms with Crippen LogP contribution >= 0.6 is 0 Å². The van der Waals surface area contributed by atoms with Crippen LogP contribution in [0.3, 0.4) is 0 Å². The Morgan fingerprint density at radius 1 is 1.00 bits per heavy atom. The zero-order chi connectivity index (χ0) is 14.1. The third-order valence-electron chi connectivity index (χ3n) is 3.79. The van der Waals surface area contributed by atoms with Gasteiger partial charge in [0.25, 0.3) is 0 Å². The lowest BCUT2D eigenvalue weighted by Crippen LogP contribution is -2.43. The maximum Gasteiger partial charge on any atom is 0.228 e. The van der Waals surface area contributed by atoms with E-state index >= 15 is 0 Å². The predicted molar refractivity (Wildman–Crippen MR) is 82.3 cm³/mol. The van der Waals surface area contributed by atoms with Crippen LogP contribution in [0, 0.1) is 0 Å². The molecule has 0 atom stereocenters. The molecule has 0 amide bonds. The van der Waals surface area contributed by atoms with Crippen molar-refractivity contribution < 1.29 is 4.52 Å². The minimum Gasteiger partial charge on any atom is -0.338 e. The van der Waals surface area contributed by atoms with Gasteiger partial charge in [0, 0.05) is 37.6 Å². The SMILES string of the molecule is c1ccc2nc(-c3cc(N4CCNCC4)on3)ccc2c1. The third kappa shape index (κ3) is 2.36. The molecule has 1 N–H and O–H groups in total. The second-order valence-electron chi connectivity index (χ2n) is 5.18. The summed E-state index contributed by atoms with van der Waals surface area (Å²) in [7, 11) is 0. The summed E-state index contributed by atoms with van der Waals surface area (Å²) >= 11 is 0. The van der Waals surface area contributed by atoms with Crippen molar-refractivity contribution in [1.82, 2.24) is 15.5 Å². The highest BCUT2D eigenvalue weighted by molar-refractivity contribution is 5.81. The molecular weight excluding hydrogens is 264 g/mol.